The van der Waals surface area contributed by atoms with E-state index in [9.17, 15) is 0 Å². The maximum atomic E-state index is 4.39. The molecule has 2 rings (SSSR count). The first-order valence-electron chi connectivity index (χ1n) is 5.12. The van der Waals surface area contributed by atoms with Crippen LogP contribution < -0.4 is 5.32 Å². The molecular formula is C12H14BrN3. The molecule has 0 aliphatic heterocycles. The van der Waals surface area contributed by atoms with Gasteiger partial charge in [0.1, 0.15) is 0 Å². The Bertz CT molecular complexity index is 517. The first-order valence-corrected chi connectivity index (χ1v) is 5.91. The summed E-state index contributed by atoms with van der Waals surface area (Å²) in [6.07, 6.45) is 2.02. The summed E-state index contributed by atoms with van der Waals surface area (Å²) < 4.78 is 3.15. The Morgan fingerprint density at radius 2 is 2.06 bits per heavy atom. The summed E-state index contributed by atoms with van der Waals surface area (Å²) in [4.78, 5) is 4.39. The number of nitrogens with one attached hydrogen (secondary N) is 1. The van der Waals surface area contributed by atoms with E-state index in [0.717, 1.165) is 21.8 Å². The average Bonchev–Trinajstić information content (AvgIpc) is 2.63. The normalized spacial score (nSPS) is 10.5. The highest BCUT2D eigenvalue weighted by Gasteiger charge is 2.06. The van der Waals surface area contributed by atoms with E-state index >= 15 is 0 Å². The number of halogens is 1. The van der Waals surface area contributed by atoms with Gasteiger partial charge in [-0.2, -0.15) is 0 Å². The van der Waals surface area contributed by atoms with E-state index in [2.05, 4.69) is 51.4 Å². The van der Waals surface area contributed by atoms with Crippen molar-refractivity contribution in [1.82, 2.24) is 9.55 Å². The van der Waals surface area contributed by atoms with Gasteiger partial charge in [0.05, 0.1) is 5.69 Å². The van der Waals surface area contributed by atoms with Crippen molar-refractivity contribution in [3.05, 3.63) is 40.1 Å². The van der Waals surface area contributed by atoms with Crippen molar-refractivity contribution in [1.29, 1.82) is 0 Å². The Balaban J connectivity index is 2.53. The molecule has 0 saturated carbocycles. The van der Waals surface area contributed by atoms with Gasteiger partial charge in [-0.1, -0.05) is 22.0 Å². The summed E-state index contributed by atoms with van der Waals surface area (Å²) >= 11 is 3.54. The molecule has 3 nitrogen and oxygen atoms in total. The van der Waals surface area contributed by atoms with Crippen LogP contribution in [0.5, 0.6) is 0 Å². The quantitative estimate of drug-likeness (QED) is 0.914. The summed E-state index contributed by atoms with van der Waals surface area (Å²) in [6, 6.07) is 6.27. The summed E-state index contributed by atoms with van der Waals surface area (Å²) in [6.45, 7) is 4.06. The van der Waals surface area contributed by atoms with Gasteiger partial charge in [-0.05, 0) is 31.5 Å². The number of imidazole rings is 1. The number of anilines is 1. The number of hydrogen-bond acceptors (Lipinski definition) is 2. The number of aryl methyl sites for hydroxylation is 2. The lowest BCUT2D eigenvalue weighted by Gasteiger charge is -2.08. The number of rotatable bonds is 2. The maximum Gasteiger partial charge on any atom is 0.207 e. The predicted octanol–water partition coefficient (Wildman–Crippen LogP) is 3.29. The second-order valence-electron chi connectivity index (χ2n) is 3.76. The second kappa shape index (κ2) is 4.29. The number of aromatic nitrogens is 2. The molecule has 0 saturated heterocycles. The fourth-order valence-electron chi connectivity index (χ4n) is 1.60. The molecule has 0 amide bonds. The Labute approximate surface area is 104 Å². The van der Waals surface area contributed by atoms with E-state index in [1.54, 1.807) is 0 Å². The van der Waals surface area contributed by atoms with Gasteiger partial charge in [0.15, 0.2) is 0 Å². The van der Waals surface area contributed by atoms with Crippen LogP contribution in [0.2, 0.25) is 0 Å². The van der Waals surface area contributed by atoms with Gasteiger partial charge in [-0.25, -0.2) is 4.98 Å². The van der Waals surface area contributed by atoms with Crippen LogP contribution in [0.25, 0.3) is 5.69 Å². The zero-order valence-electron chi connectivity index (χ0n) is 9.58. The molecule has 0 atom stereocenters. The number of hydrogen-bond donors (Lipinski definition) is 1. The maximum absolute atomic E-state index is 4.39. The van der Waals surface area contributed by atoms with Gasteiger partial charge in [0, 0.05) is 23.4 Å². The van der Waals surface area contributed by atoms with Crippen LogP contribution in [0, 0.1) is 13.8 Å². The van der Waals surface area contributed by atoms with Crippen LogP contribution in [-0.4, -0.2) is 16.6 Å². The zero-order valence-corrected chi connectivity index (χ0v) is 11.2. The predicted molar refractivity (Wildman–Crippen MR) is 70.3 cm³/mol. The SMILES string of the molecule is CNc1nc(C)cn1-c1ccc(C)c(Br)c1. The molecule has 16 heavy (non-hydrogen) atoms. The van der Waals surface area contributed by atoms with E-state index in [1.165, 1.54) is 5.56 Å². The van der Waals surface area contributed by atoms with Crippen LogP contribution in [0.4, 0.5) is 5.95 Å². The molecule has 0 unspecified atom stereocenters. The smallest absolute Gasteiger partial charge is 0.207 e. The highest BCUT2D eigenvalue weighted by molar-refractivity contribution is 9.10. The Kier molecular flexibility index (Phi) is 3.01. The van der Waals surface area contributed by atoms with Crippen LogP contribution in [0.15, 0.2) is 28.9 Å². The monoisotopic (exact) mass is 279 g/mol. The molecule has 0 radical (unpaired) electrons. The molecule has 0 aliphatic rings. The molecule has 4 heteroatoms. The highest BCUT2D eigenvalue weighted by Crippen LogP contribution is 2.22. The molecule has 84 valence electrons. The van der Waals surface area contributed by atoms with E-state index in [-0.39, 0.29) is 0 Å². The Morgan fingerprint density at radius 1 is 1.31 bits per heavy atom. The number of benzene rings is 1. The van der Waals surface area contributed by atoms with Crippen molar-refractivity contribution in [2.75, 3.05) is 12.4 Å². The first-order chi connectivity index (χ1) is 7.61. The van der Waals surface area contributed by atoms with Crippen LogP contribution in [-0.2, 0) is 0 Å². The molecule has 1 aromatic carbocycles. The van der Waals surface area contributed by atoms with Crippen LogP contribution in [0.1, 0.15) is 11.3 Å². The fourth-order valence-corrected chi connectivity index (χ4v) is 1.97. The third-order valence-electron chi connectivity index (χ3n) is 2.48. The molecule has 0 aliphatic carbocycles. The molecule has 2 aromatic rings. The van der Waals surface area contributed by atoms with E-state index in [0.29, 0.717) is 0 Å². The van der Waals surface area contributed by atoms with Crippen molar-refractivity contribution in [3.8, 4) is 5.69 Å². The molecule has 0 fully saturated rings. The summed E-state index contributed by atoms with van der Waals surface area (Å²) in [5.74, 6) is 0.855. The van der Waals surface area contributed by atoms with Gasteiger partial charge in [-0.3, -0.25) is 4.57 Å². The van der Waals surface area contributed by atoms with Crippen molar-refractivity contribution in [2.24, 2.45) is 0 Å². The molecule has 1 N–H and O–H groups in total. The van der Waals surface area contributed by atoms with Gasteiger partial charge in [0.25, 0.3) is 0 Å². The standard InChI is InChI=1S/C12H14BrN3/c1-8-4-5-10(6-11(8)13)16-7-9(2)15-12(16)14-3/h4-7H,1-3H3,(H,14,15). The minimum absolute atomic E-state index is 0.855. The molecule has 0 bridgehead atoms. The molecule has 1 aromatic heterocycles. The molecule has 1 heterocycles. The van der Waals surface area contributed by atoms with Gasteiger partial charge >= 0.3 is 0 Å². The highest BCUT2D eigenvalue weighted by atomic mass is 79.9. The van der Waals surface area contributed by atoms with Crippen LogP contribution in [0.3, 0.4) is 0 Å². The lowest BCUT2D eigenvalue weighted by molar-refractivity contribution is 1.05. The second-order valence-corrected chi connectivity index (χ2v) is 4.61. The van der Waals surface area contributed by atoms with Crippen molar-refractivity contribution < 1.29 is 0 Å². The topological polar surface area (TPSA) is 29.9 Å². The lowest BCUT2D eigenvalue weighted by atomic mass is 10.2. The minimum Gasteiger partial charge on any atom is -0.358 e. The summed E-state index contributed by atoms with van der Waals surface area (Å²) in [5.41, 5.74) is 3.33. The summed E-state index contributed by atoms with van der Waals surface area (Å²) in [7, 11) is 1.88. The van der Waals surface area contributed by atoms with E-state index in [4.69, 9.17) is 0 Å². The first kappa shape index (κ1) is 11.2. The zero-order chi connectivity index (χ0) is 11.7. The summed E-state index contributed by atoms with van der Waals surface area (Å²) in [5, 5.41) is 3.09. The lowest BCUT2D eigenvalue weighted by Crippen LogP contribution is -2.00. The fraction of sp³-hybridized carbons (Fsp3) is 0.250. The van der Waals surface area contributed by atoms with Gasteiger partial charge in [0.2, 0.25) is 5.95 Å². The third-order valence-corrected chi connectivity index (χ3v) is 3.34. The van der Waals surface area contributed by atoms with Crippen molar-refractivity contribution in [2.45, 2.75) is 13.8 Å². The Morgan fingerprint density at radius 3 is 2.69 bits per heavy atom. The van der Waals surface area contributed by atoms with E-state index < -0.39 is 0 Å². The minimum atomic E-state index is 0.855. The number of nitrogens with zero attached hydrogens (tertiary/aromatic N) is 2. The Hall–Kier alpha value is -1.29. The third kappa shape index (κ3) is 1.97. The van der Waals surface area contributed by atoms with Crippen molar-refractivity contribution >= 4 is 21.9 Å². The average molecular weight is 280 g/mol. The van der Waals surface area contributed by atoms with Crippen LogP contribution >= 0.6 is 15.9 Å². The largest absolute Gasteiger partial charge is 0.358 e. The van der Waals surface area contributed by atoms with E-state index in [1.807, 2.05) is 24.7 Å². The van der Waals surface area contributed by atoms with Crippen molar-refractivity contribution in [3.63, 3.8) is 0 Å². The van der Waals surface area contributed by atoms with Gasteiger partial charge < -0.3 is 5.32 Å². The molecular weight excluding hydrogens is 266 g/mol. The van der Waals surface area contributed by atoms with Gasteiger partial charge in [-0.15, -0.1) is 0 Å². The molecule has 0 spiro atoms.